The summed E-state index contributed by atoms with van der Waals surface area (Å²) in [5, 5.41) is 3.32. The number of nitrogens with one attached hydrogen (secondary N) is 1. The molecule has 1 amide bonds. The highest BCUT2D eigenvalue weighted by atomic mass is 16.2. The second-order valence-corrected chi connectivity index (χ2v) is 6.58. The lowest BCUT2D eigenvalue weighted by atomic mass is 10.1. The molecular weight excluding hydrogens is 326 g/mol. The Bertz CT molecular complexity index is 767. The fourth-order valence-electron chi connectivity index (χ4n) is 3.34. The van der Waals surface area contributed by atoms with Crippen LogP contribution in [-0.4, -0.2) is 47.0 Å². The number of likely N-dealkylation sites (tertiary alicyclic amines) is 1. The first kappa shape index (κ1) is 18.2. The molecule has 0 unspecified atom stereocenters. The van der Waals surface area contributed by atoms with E-state index in [-0.39, 0.29) is 5.91 Å². The summed E-state index contributed by atoms with van der Waals surface area (Å²) < 4.78 is 0. The van der Waals surface area contributed by atoms with E-state index < -0.39 is 0 Å². The van der Waals surface area contributed by atoms with Crippen LogP contribution in [0.2, 0.25) is 0 Å². The molecule has 1 saturated heterocycles. The fraction of sp³-hybridized carbons (Fsp3) is 0.450. The van der Waals surface area contributed by atoms with E-state index in [0.29, 0.717) is 11.5 Å². The average Bonchev–Trinajstić information content (AvgIpc) is 3.19. The summed E-state index contributed by atoms with van der Waals surface area (Å²) in [5.41, 5.74) is 3.78. The predicted molar refractivity (Wildman–Crippen MR) is 105 cm³/mol. The first-order valence-electron chi connectivity index (χ1n) is 9.36. The number of aryl methyl sites for hydroxylation is 1. The molecule has 1 aromatic carbocycles. The maximum Gasteiger partial charge on any atom is 0.272 e. The maximum atomic E-state index is 12.5. The van der Waals surface area contributed by atoms with Gasteiger partial charge in [-0.1, -0.05) is 0 Å². The van der Waals surface area contributed by atoms with Crippen molar-refractivity contribution in [1.29, 1.82) is 0 Å². The zero-order valence-electron chi connectivity index (χ0n) is 15.8. The Balaban J connectivity index is 1.76. The molecule has 0 spiro atoms. The van der Waals surface area contributed by atoms with Crippen LogP contribution in [0.1, 0.15) is 42.7 Å². The first-order valence-corrected chi connectivity index (χ1v) is 9.36. The van der Waals surface area contributed by atoms with Crippen LogP contribution >= 0.6 is 0 Å². The summed E-state index contributed by atoms with van der Waals surface area (Å²) in [6.07, 6.45) is 3.59. The molecule has 1 aliphatic heterocycles. The van der Waals surface area contributed by atoms with Gasteiger partial charge in [-0.05, 0) is 57.4 Å². The van der Waals surface area contributed by atoms with E-state index in [9.17, 15) is 4.79 Å². The van der Waals surface area contributed by atoms with E-state index in [0.717, 1.165) is 50.3 Å². The third kappa shape index (κ3) is 3.95. The van der Waals surface area contributed by atoms with E-state index in [1.807, 2.05) is 4.90 Å². The van der Waals surface area contributed by atoms with Gasteiger partial charge in [0.1, 0.15) is 17.8 Å². The smallest absolute Gasteiger partial charge is 0.272 e. The van der Waals surface area contributed by atoms with Gasteiger partial charge >= 0.3 is 0 Å². The van der Waals surface area contributed by atoms with Gasteiger partial charge < -0.3 is 15.1 Å². The number of amides is 1. The Labute approximate surface area is 155 Å². The molecule has 0 saturated carbocycles. The van der Waals surface area contributed by atoms with Crippen molar-refractivity contribution in [3.8, 4) is 0 Å². The SMILES string of the molecule is CCN(CC)c1ccc(Nc2cc(C(=O)N3CCCC3)ncn2)c(C)c1. The highest BCUT2D eigenvalue weighted by Crippen LogP contribution is 2.25. The molecule has 0 radical (unpaired) electrons. The first-order chi connectivity index (χ1) is 12.6. The van der Waals surface area contributed by atoms with Gasteiger partial charge in [0, 0.05) is 43.6 Å². The number of carbonyl (C=O) groups is 1. The van der Waals surface area contributed by atoms with Gasteiger partial charge in [-0.25, -0.2) is 9.97 Å². The lowest BCUT2D eigenvalue weighted by molar-refractivity contribution is 0.0787. The van der Waals surface area contributed by atoms with Crippen LogP contribution in [-0.2, 0) is 0 Å². The highest BCUT2D eigenvalue weighted by molar-refractivity contribution is 5.93. The topological polar surface area (TPSA) is 61.4 Å². The Hall–Kier alpha value is -2.63. The lowest BCUT2D eigenvalue weighted by Gasteiger charge is -2.22. The van der Waals surface area contributed by atoms with Crippen molar-refractivity contribution in [2.24, 2.45) is 0 Å². The van der Waals surface area contributed by atoms with E-state index in [2.05, 4.69) is 59.2 Å². The van der Waals surface area contributed by atoms with Crippen LogP contribution < -0.4 is 10.2 Å². The number of rotatable bonds is 6. The van der Waals surface area contributed by atoms with Crippen molar-refractivity contribution in [3.05, 3.63) is 41.9 Å². The molecule has 0 bridgehead atoms. The van der Waals surface area contributed by atoms with Gasteiger partial charge in [0.25, 0.3) is 5.91 Å². The summed E-state index contributed by atoms with van der Waals surface area (Å²) in [6, 6.07) is 8.08. The summed E-state index contributed by atoms with van der Waals surface area (Å²) in [6.45, 7) is 9.99. The van der Waals surface area contributed by atoms with Crippen LogP contribution in [0.15, 0.2) is 30.6 Å². The Morgan fingerprint density at radius 1 is 1.15 bits per heavy atom. The molecule has 1 N–H and O–H groups in total. The van der Waals surface area contributed by atoms with Crippen molar-refractivity contribution in [2.75, 3.05) is 36.4 Å². The number of aromatic nitrogens is 2. The van der Waals surface area contributed by atoms with Gasteiger partial charge in [0.15, 0.2) is 0 Å². The summed E-state index contributed by atoms with van der Waals surface area (Å²) in [5.74, 6) is 0.628. The van der Waals surface area contributed by atoms with Crippen LogP contribution in [0.4, 0.5) is 17.2 Å². The molecular formula is C20H27N5O. The maximum absolute atomic E-state index is 12.5. The second kappa shape index (κ2) is 8.17. The molecule has 26 heavy (non-hydrogen) atoms. The normalized spacial score (nSPS) is 13.7. The van der Waals surface area contributed by atoms with Crippen molar-refractivity contribution < 1.29 is 4.79 Å². The Morgan fingerprint density at radius 3 is 2.54 bits per heavy atom. The summed E-state index contributed by atoms with van der Waals surface area (Å²) in [4.78, 5) is 25.1. The van der Waals surface area contributed by atoms with Gasteiger partial charge in [-0.2, -0.15) is 0 Å². The molecule has 1 aromatic heterocycles. The largest absolute Gasteiger partial charge is 0.372 e. The average molecular weight is 353 g/mol. The Morgan fingerprint density at radius 2 is 1.88 bits per heavy atom. The number of carbonyl (C=O) groups excluding carboxylic acids is 1. The zero-order chi connectivity index (χ0) is 18.5. The molecule has 138 valence electrons. The van der Waals surface area contributed by atoms with Crippen molar-refractivity contribution in [1.82, 2.24) is 14.9 Å². The number of benzene rings is 1. The standard InChI is InChI=1S/C20H27N5O/c1-4-24(5-2)16-8-9-17(15(3)12-16)23-19-13-18(21-14-22-19)20(26)25-10-6-7-11-25/h8-9,12-14H,4-7,10-11H2,1-3H3,(H,21,22,23). The third-order valence-corrected chi connectivity index (χ3v) is 4.88. The van der Waals surface area contributed by atoms with E-state index in [1.54, 1.807) is 6.07 Å². The quantitative estimate of drug-likeness (QED) is 0.859. The van der Waals surface area contributed by atoms with Crippen LogP contribution in [0.25, 0.3) is 0 Å². The predicted octanol–water partition coefficient (Wildman–Crippen LogP) is 3.61. The van der Waals surface area contributed by atoms with Gasteiger partial charge in [0.05, 0.1) is 0 Å². The van der Waals surface area contributed by atoms with Gasteiger partial charge in [0.2, 0.25) is 0 Å². The molecule has 2 aromatic rings. The summed E-state index contributed by atoms with van der Waals surface area (Å²) >= 11 is 0. The Kier molecular flexibility index (Phi) is 5.71. The van der Waals surface area contributed by atoms with Crippen LogP contribution in [0, 0.1) is 6.92 Å². The van der Waals surface area contributed by atoms with Crippen molar-refractivity contribution in [3.63, 3.8) is 0 Å². The lowest BCUT2D eigenvalue weighted by Crippen LogP contribution is -2.28. The molecule has 0 aliphatic carbocycles. The van der Waals surface area contributed by atoms with Crippen molar-refractivity contribution >= 4 is 23.1 Å². The number of nitrogens with zero attached hydrogens (tertiary/aromatic N) is 4. The summed E-state index contributed by atoms with van der Waals surface area (Å²) in [7, 11) is 0. The molecule has 2 heterocycles. The highest BCUT2D eigenvalue weighted by Gasteiger charge is 2.21. The minimum Gasteiger partial charge on any atom is -0.372 e. The minimum atomic E-state index is -0.0125. The molecule has 0 atom stereocenters. The van der Waals surface area contributed by atoms with Gasteiger partial charge in [-0.3, -0.25) is 4.79 Å². The van der Waals surface area contributed by atoms with E-state index >= 15 is 0 Å². The molecule has 3 rings (SSSR count). The fourth-order valence-corrected chi connectivity index (χ4v) is 3.34. The van der Waals surface area contributed by atoms with E-state index in [4.69, 9.17) is 0 Å². The molecule has 6 nitrogen and oxygen atoms in total. The van der Waals surface area contributed by atoms with E-state index in [1.165, 1.54) is 12.0 Å². The molecule has 1 fully saturated rings. The van der Waals surface area contributed by atoms with Crippen LogP contribution in [0.3, 0.4) is 0 Å². The third-order valence-electron chi connectivity index (χ3n) is 4.88. The minimum absolute atomic E-state index is 0.0125. The monoisotopic (exact) mass is 353 g/mol. The molecule has 1 aliphatic rings. The van der Waals surface area contributed by atoms with Crippen LogP contribution in [0.5, 0.6) is 0 Å². The van der Waals surface area contributed by atoms with Crippen molar-refractivity contribution in [2.45, 2.75) is 33.6 Å². The zero-order valence-corrected chi connectivity index (χ0v) is 15.8. The molecule has 6 heteroatoms. The number of hydrogen-bond donors (Lipinski definition) is 1. The second-order valence-electron chi connectivity index (χ2n) is 6.58. The number of anilines is 3. The van der Waals surface area contributed by atoms with Gasteiger partial charge in [-0.15, -0.1) is 0 Å². The number of hydrogen-bond acceptors (Lipinski definition) is 5.